The fourth-order valence-corrected chi connectivity index (χ4v) is 3.96. The highest BCUT2D eigenvalue weighted by Crippen LogP contribution is 2.36. The molecule has 0 radical (unpaired) electrons. The van der Waals surface area contributed by atoms with Gasteiger partial charge in [-0.15, -0.1) is 0 Å². The first kappa shape index (κ1) is 19.7. The van der Waals surface area contributed by atoms with E-state index in [1.165, 1.54) is 6.07 Å². The van der Waals surface area contributed by atoms with Crippen LogP contribution in [0.25, 0.3) is 5.65 Å². The molecule has 0 saturated heterocycles. The van der Waals surface area contributed by atoms with Gasteiger partial charge in [-0.1, -0.05) is 0 Å². The number of aromatic nitrogens is 3. The van der Waals surface area contributed by atoms with Crippen LogP contribution >= 0.6 is 0 Å². The minimum atomic E-state index is -0.651. The van der Waals surface area contributed by atoms with E-state index in [0.717, 1.165) is 35.3 Å². The second kappa shape index (κ2) is 7.19. The molecule has 0 fully saturated rings. The zero-order valence-corrected chi connectivity index (χ0v) is 17.9. The van der Waals surface area contributed by atoms with Gasteiger partial charge in [-0.25, -0.2) is 29.2 Å². The van der Waals surface area contributed by atoms with Crippen molar-refractivity contribution in [3.05, 3.63) is 53.1 Å². The third-order valence-corrected chi connectivity index (χ3v) is 5.53. The predicted octanol–water partition coefficient (Wildman–Crippen LogP) is 3.77. The zero-order valence-electron chi connectivity index (χ0n) is 17.9. The van der Waals surface area contributed by atoms with Crippen LogP contribution in [0.5, 0.6) is 5.75 Å². The van der Waals surface area contributed by atoms with Crippen LogP contribution in [0.4, 0.5) is 10.2 Å². The van der Waals surface area contributed by atoms with E-state index in [2.05, 4.69) is 20.9 Å². The van der Waals surface area contributed by atoms with E-state index in [-0.39, 0.29) is 18.0 Å². The molecule has 3 aromatic rings. The topological polar surface area (TPSA) is 85.1 Å². The smallest absolute Gasteiger partial charge is 0.182 e. The summed E-state index contributed by atoms with van der Waals surface area (Å²) in [5.74, 6) is 1.74. The maximum Gasteiger partial charge on any atom is 0.182 e. The van der Waals surface area contributed by atoms with Gasteiger partial charge < -0.3 is 10.1 Å². The number of aryl methyl sites for hydroxylation is 1. The van der Waals surface area contributed by atoms with Crippen molar-refractivity contribution < 1.29 is 14.0 Å². The maximum atomic E-state index is 14.3. The van der Waals surface area contributed by atoms with Crippen LogP contribution in [0, 0.1) is 5.82 Å². The third kappa shape index (κ3) is 3.69. The van der Waals surface area contributed by atoms with E-state index in [4.69, 9.17) is 14.6 Å². The van der Waals surface area contributed by atoms with Gasteiger partial charge in [0.2, 0.25) is 0 Å². The van der Waals surface area contributed by atoms with Crippen LogP contribution < -0.4 is 15.5 Å². The number of ether oxygens (including phenoxy) is 1. The molecule has 0 saturated carbocycles. The minimum absolute atomic E-state index is 0.110. The lowest BCUT2D eigenvalue weighted by molar-refractivity contribution is -0.0269. The average molecular weight is 424 g/mol. The van der Waals surface area contributed by atoms with Crippen molar-refractivity contribution in [1.29, 1.82) is 0 Å². The summed E-state index contributed by atoms with van der Waals surface area (Å²) in [6.07, 6.45) is 5.33. The van der Waals surface area contributed by atoms with Gasteiger partial charge in [0.25, 0.3) is 0 Å². The largest absolute Gasteiger partial charge is 0.490 e. The zero-order chi connectivity index (χ0) is 21.8. The molecule has 2 N–H and O–H groups in total. The van der Waals surface area contributed by atoms with E-state index in [1.54, 1.807) is 16.8 Å². The van der Waals surface area contributed by atoms with Crippen LogP contribution in [-0.2, 0) is 11.3 Å². The highest BCUT2D eigenvalue weighted by Gasteiger charge is 2.28. The summed E-state index contributed by atoms with van der Waals surface area (Å²) in [6, 6.07) is 4.73. The van der Waals surface area contributed by atoms with Crippen LogP contribution in [0.1, 0.15) is 56.8 Å². The molecule has 9 heteroatoms. The summed E-state index contributed by atoms with van der Waals surface area (Å²) in [6.45, 7) is 7.74. The molecule has 0 bridgehead atoms. The number of halogens is 1. The highest BCUT2D eigenvalue weighted by atomic mass is 19.1. The number of hydroxylamine groups is 1. The van der Waals surface area contributed by atoms with Crippen molar-refractivity contribution in [3.8, 4) is 5.75 Å². The first-order valence-corrected chi connectivity index (χ1v) is 10.4. The van der Waals surface area contributed by atoms with Gasteiger partial charge in [-0.2, -0.15) is 5.10 Å². The SMILES string of the molecule is CC1CCc2cc(F)cc(C(C)Nc3ccn4ncc(C5=NC(C)(C)ON5)c4n3)c2O1. The molecule has 0 aliphatic carbocycles. The van der Waals surface area contributed by atoms with Gasteiger partial charge in [0.05, 0.1) is 23.9 Å². The Morgan fingerprint density at radius 1 is 1.35 bits per heavy atom. The van der Waals surface area contributed by atoms with Crippen molar-refractivity contribution in [2.24, 2.45) is 4.99 Å². The third-order valence-electron chi connectivity index (χ3n) is 5.53. The van der Waals surface area contributed by atoms with Gasteiger partial charge in [0.15, 0.2) is 17.2 Å². The summed E-state index contributed by atoms with van der Waals surface area (Å²) < 4.78 is 22.0. The van der Waals surface area contributed by atoms with Gasteiger partial charge in [0.1, 0.15) is 17.4 Å². The average Bonchev–Trinajstić information content (AvgIpc) is 3.29. The number of nitrogens with one attached hydrogen (secondary N) is 2. The fraction of sp³-hybridized carbons (Fsp3) is 0.409. The van der Waals surface area contributed by atoms with Crippen LogP contribution in [0.15, 0.2) is 35.6 Å². The second-order valence-corrected chi connectivity index (χ2v) is 8.57. The molecule has 2 aliphatic rings. The molecule has 8 nitrogen and oxygen atoms in total. The van der Waals surface area contributed by atoms with E-state index >= 15 is 0 Å². The Morgan fingerprint density at radius 3 is 2.97 bits per heavy atom. The van der Waals surface area contributed by atoms with Crippen molar-refractivity contribution in [1.82, 2.24) is 20.1 Å². The lowest BCUT2D eigenvalue weighted by atomic mass is 9.96. The molecule has 2 unspecified atom stereocenters. The first-order valence-electron chi connectivity index (χ1n) is 10.4. The van der Waals surface area contributed by atoms with Crippen LogP contribution in [-0.4, -0.2) is 32.3 Å². The van der Waals surface area contributed by atoms with Crippen molar-refractivity contribution in [3.63, 3.8) is 0 Å². The van der Waals surface area contributed by atoms with Crippen molar-refractivity contribution in [2.45, 2.75) is 58.4 Å². The summed E-state index contributed by atoms with van der Waals surface area (Å²) in [5, 5.41) is 7.72. The summed E-state index contributed by atoms with van der Waals surface area (Å²) in [4.78, 5) is 14.7. The normalized spacial score (nSPS) is 20.5. The summed E-state index contributed by atoms with van der Waals surface area (Å²) in [7, 11) is 0. The minimum Gasteiger partial charge on any atom is -0.490 e. The fourth-order valence-electron chi connectivity index (χ4n) is 3.96. The second-order valence-electron chi connectivity index (χ2n) is 8.57. The number of aliphatic imine (C=N–C) groups is 1. The molecule has 2 atom stereocenters. The number of rotatable bonds is 4. The Hall–Kier alpha value is -3.20. The standard InChI is InChI=1S/C22H25FN6O2/c1-12-5-6-14-9-15(23)10-16(19(14)30-12)13(2)25-18-7-8-29-21(26-18)17(11-24-29)20-27-22(3,4)31-28-20/h7-13H,5-6H2,1-4H3,(H,25,26)(H,27,28). The van der Waals surface area contributed by atoms with E-state index in [0.29, 0.717) is 17.3 Å². The number of anilines is 1. The monoisotopic (exact) mass is 424 g/mol. The predicted molar refractivity (Wildman–Crippen MR) is 115 cm³/mol. The summed E-state index contributed by atoms with van der Waals surface area (Å²) >= 11 is 0. The Kier molecular flexibility index (Phi) is 4.58. The van der Waals surface area contributed by atoms with Crippen molar-refractivity contribution in [2.75, 3.05) is 5.32 Å². The van der Waals surface area contributed by atoms with E-state index < -0.39 is 5.72 Å². The Labute approximate surface area is 179 Å². The van der Waals surface area contributed by atoms with E-state index in [1.807, 2.05) is 40.0 Å². The number of fused-ring (bicyclic) bond motifs is 2. The Balaban J connectivity index is 1.46. The summed E-state index contributed by atoms with van der Waals surface area (Å²) in [5.41, 5.74) is 5.27. The number of hydrogen-bond donors (Lipinski definition) is 2. The number of benzene rings is 1. The molecular weight excluding hydrogens is 399 g/mol. The lowest BCUT2D eigenvalue weighted by Crippen LogP contribution is -2.23. The van der Waals surface area contributed by atoms with Gasteiger partial charge in [0, 0.05) is 11.8 Å². The quantitative estimate of drug-likeness (QED) is 0.663. The number of nitrogens with zero attached hydrogens (tertiary/aromatic N) is 4. The molecule has 5 rings (SSSR count). The van der Waals surface area contributed by atoms with Gasteiger partial charge >= 0.3 is 0 Å². The van der Waals surface area contributed by atoms with Crippen molar-refractivity contribution >= 4 is 17.3 Å². The number of amidine groups is 1. The lowest BCUT2D eigenvalue weighted by Gasteiger charge is -2.28. The maximum absolute atomic E-state index is 14.3. The molecule has 2 aromatic heterocycles. The molecule has 4 heterocycles. The molecule has 31 heavy (non-hydrogen) atoms. The van der Waals surface area contributed by atoms with Crippen LogP contribution in [0.2, 0.25) is 0 Å². The van der Waals surface area contributed by atoms with Gasteiger partial charge in [-0.3, -0.25) is 0 Å². The Morgan fingerprint density at radius 2 is 2.19 bits per heavy atom. The van der Waals surface area contributed by atoms with Gasteiger partial charge in [-0.05, 0) is 64.3 Å². The molecule has 0 amide bonds. The molecule has 2 aliphatic heterocycles. The molecule has 1 aromatic carbocycles. The van der Waals surface area contributed by atoms with E-state index in [9.17, 15) is 4.39 Å². The molecular formula is C22H25FN6O2. The highest BCUT2D eigenvalue weighted by molar-refractivity contribution is 6.03. The molecule has 162 valence electrons. The van der Waals surface area contributed by atoms with Crippen LogP contribution in [0.3, 0.4) is 0 Å². The first-order chi connectivity index (χ1) is 14.8. The number of hydrogen-bond acceptors (Lipinski definition) is 7. The Bertz CT molecular complexity index is 1190. The molecule has 0 spiro atoms.